The van der Waals surface area contributed by atoms with Crippen LogP contribution in [0.4, 0.5) is 57.1 Å². The minimum absolute atomic E-state index is 0.0107. The van der Waals surface area contributed by atoms with Crippen LogP contribution >= 0.6 is 0 Å². The van der Waals surface area contributed by atoms with Gasteiger partial charge in [-0.1, -0.05) is 31.8 Å². The molecular formula is C17H21F13O2Si. The zero-order chi connectivity index (χ0) is 26.9. The van der Waals surface area contributed by atoms with E-state index in [1.165, 1.54) is 20.0 Å². The van der Waals surface area contributed by atoms with Gasteiger partial charge in [-0.2, -0.15) is 57.1 Å². The summed E-state index contributed by atoms with van der Waals surface area (Å²) in [5, 5.41) is 0. The summed E-state index contributed by atoms with van der Waals surface area (Å²) < 4.78 is 175. The molecule has 0 N–H and O–H groups in total. The van der Waals surface area contributed by atoms with Crippen LogP contribution < -0.4 is 0 Å². The average molecular weight is 532 g/mol. The maximum atomic E-state index is 13.9. The summed E-state index contributed by atoms with van der Waals surface area (Å²) >= 11 is 0. The first kappa shape index (κ1) is 31.5. The van der Waals surface area contributed by atoms with Crippen LogP contribution in [0.2, 0.25) is 25.2 Å². The van der Waals surface area contributed by atoms with E-state index < -0.39 is 62.3 Å². The van der Waals surface area contributed by atoms with Crippen molar-refractivity contribution < 1.29 is 66.6 Å². The van der Waals surface area contributed by atoms with Crippen LogP contribution in [0.5, 0.6) is 0 Å². The molecule has 0 aromatic carbocycles. The summed E-state index contributed by atoms with van der Waals surface area (Å²) in [7, 11) is -2.95. The number of alkyl halides is 13. The molecule has 196 valence electrons. The molecule has 0 heterocycles. The lowest BCUT2D eigenvalue weighted by Gasteiger charge is -2.40. The van der Waals surface area contributed by atoms with Gasteiger partial charge < -0.3 is 4.74 Å². The molecule has 16 heteroatoms. The normalized spacial score (nSPS) is 14.9. The largest absolute Gasteiger partial charge is 0.462 e. The quantitative estimate of drug-likeness (QED) is 0.0865. The number of carbonyl (C=O) groups is 1. The van der Waals surface area contributed by atoms with Crippen LogP contribution in [0, 0.1) is 0 Å². The zero-order valence-electron chi connectivity index (χ0n) is 17.5. The second-order valence-electron chi connectivity index (χ2n) is 8.18. The molecule has 0 saturated carbocycles. The summed E-state index contributed by atoms with van der Waals surface area (Å²) in [5.74, 6) is -37.5. The van der Waals surface area contributed by atoms with Crippen molar-refractivity contribution in [3.05, 3.63) is 12.2 Å². The van der Waals surface area contributed by atoms with Gasteiger partial charge in [0.15, 0.2) is 0 Å². The Bertz CT molecular complexity index is 714. The monoisotopic (exact) mass is 532 g/mol. The summed E-state index contributed by atoms with van der Waals surface area (Å²) in [6.07, 6.45) is -9.58. The first-order valence-corrected chi connectivity index (χ1v) is 12.5. The predicted molar refractivity (Wildman–Crippen MR) is 92.9 cm³/mol. The van der Waals surface area contributed by atoms with E-state index in [1.807, 2.05) is 0 Å². The van der Waals surface area contributed by atoms with Gasteiger partial charge in [0.05, 0.1) is 6.61 Å². The molecular weight excluding hydrogens is 511 g/mol. The number of esters is 1. The first-order chi connectivity index (χ1) is 14.3. The van der Waals surface area contributed by atoms with Gasteiger partial charge in [-0.3, -0.25) is 0 Å². The Kier molecular flexibility index (Phi) is 9.21. The fraction of sp³-hybridized carbons (Fsp3) is 0.824. The lowest BCUT2D eigenvalue weighted by Crippen LogP contribution is -2.70. The van der Waals surface area contributed by atoms with Crippen LogP contribution in [-0.2, 0) is 9.53 Å². The number of carbonyl (C=O) groups excluding carboxylic acids is 1. The van der Waals surface area contributed by atoms with Crippen molar-refractivity contribution in [1.82, 2.24) is 0 Å². The molecule has 0 spiro atoms. The molecule has 0 saturated heterocycles. The Morgan fingerprint density at radius 2 is 1.18 bits per heavy atom. The van der Waals surface area contributed by atoms with E-state index in [4.69, 9.17) is 4.74 Å². The minimum atomic E-state index is -7.88. The second-order valence-corrected chi connectivity index (χ2v) is 13.5. The highest BCUT2D eigenvalue weighted by molar-refractivity contribution is 6.77. The van der Waals surface area contributed by atoms with Crippen molar-refractivity contribution in [2.45, 2.75) is 80.7 Å². The van der Waals surface area contributed by atoms with Crippen molar-refractivity contribution >= 4 is 14.0 Å². The van der Waals surface area contributed by atoms with Crippen molar-refractivity contribution in [3.63, 3.8) is 0 Å². The molecule has 0 atom stereocenters. The highest BCUT2D eigenvalue weighted by atomic mass is 28.3. The predicted octanol–water partition coefficient (Wildman–Crippen LogP) is 7.33. The van der Waals surface area contributed by atoms with Crippen molar-refractivity contribution in [2.24, 2.45) is 0 Å². The lowest BCUT2D eigenvalue weighted by molar-refractivity contribution is -0.439. The zero-order valence-corrected chi connectivity index (χ0v) is 18.5. The summed E-state index contributed by atoms with van der Waals surface area (Å²) in [5.41, 5.74) is 0.0437. The number of rotatable bonds is 12. The summed E-state index contributed by atoms with van der Waals surface area (Å²) in [4.78, 5) is 11.2. The van der Waals surface area contributed by atoms with Crippen LogP contribution in [-0.4, -0.2) is 56.4 Å². The van der Waals surface area contributed by atoms with Crippen LogP contribution in [0.3, 0.4) is 0 Å². The molecule has 0 radical (unpaired) electrons. The fourth-order valence-electron chi connectivity index (χ4n) is 2.42. The van der Waals surface area contributed by atoms with E-state index >= 15 is 0 Å². The van der Waals surface area contributed by atoms with Crippen molar-refractivity contribution in [3.8, 4) is 0 Å². The molecule has 2 nitrogen and oxygen atoms in total. The molecule has 0 aromatic heterocycles. The third-order valence-electron chi connectivity index (χ3n) is 4.69. The maximum Gasteiger partial charge on any atom is 0.460 e. The van der Waals surface area contributed by atoms with E-state index in [0.29, 0.717) is 0 Å². The molecule has 0 rings (SSSR count). The van der Waals surface area contributed by atoms with Gasteiger partial charge >= 0.3 is 41.8 Å². The average Bonchev–Trinajstić information content (AvgIpc) is 2.61. The highest BCUT2D eigenvalue weighted by Crippen LogP contribution is 2.60. The standard InChI is InChI=1S/C17H21F13O2Si/c1-10(2)11(31)32-7-5-8-33(3,4)9-6-12(18,19)13(20,21)14(22,23)15(24,25)16(26,27)17(28,29)30/h1,5-9H2,2-4H3. The Hall–Kier alpha value is -1.48. The van der Waals surface area contributed by atoms with Crippen molar-refractivity contribution in [2.75, 3.05) is 6.61 Å². The maximum absolute atomic E-state index is 13.9. The highest BCUT2D eigenvalue weighted by Gasteiger charge is 2.90. The first-order valence-electron chi connectivity index (χ1n) is 9.07. The van der Waals surface area contributed by atoms with E-state index in [0.717, 1.165) is 0 Å². The summed E-state index contributed by atoms with van der Waals surface area (Å²) in [6, 6.07) is -0.905. The topological polar surface area (TPSA) is 26.3 Å². The molecule has 0 aliphatic carbocycles. The molecule has 0 aromatic rings. The number of ether oxygens (including phenoxy) is 1. The number of hydrogen-bond acceptors (Lipinski definition) is 2. The lowest BCUT2D eigenvalue weighted by atomic mass is 9.93. The van der Waals surface area contributed by atoms with Gasteiger partial charge in [0.2, 0.25) is 0 Å². The van der Waals surface area contributed by atoms with Crippen LogP contribution in [0.25, 0.3) is 0 Å². The van der Waals surface area contributed by atoms with E-state index in [2.05, 4.69) is 6.58 Å². The molecule has 0 unspecified atom stereocenters. The third kappa shape index (κ3) is 6.35. The van der Waals surface area contributed by atoms with Crippen LogP contribution in [0.1, 0.15) is 19.8 Å². The molecule has 0 bridgehead atoms. The Balaban J connectivity index is 5.50. The van der Waals surface area contributed by atoms with Crippen LogP contribution in [0.15, 0.2) is 12.2 Å². The fourth-order valence-corrected chi connectivity index (χ4v) is 4.76. The van der Waals surface area contributed by atoms with Gasteiger partial charge in [0.1, 0.15) is 0 Å². The Labute approximate surface area is 181 Å². The minimum Gasteiger partial charge on any atom is -0.462 e. The molecule has 0 amide bonds. The van der Waals surface area contributed by atoms with Gasteiger partial charge in [0, 0.05) is 20.1 Å². The van der Waals surface area contributed by atoms with Gasteiger partial charge in [-0.05, 0) is 13.3 Å². The van der Waals surface area contributed by atoms with E-state index in [9.17, 15) is 61.9 Å². The van der Waals surface area contributed by atoms with E-state index in [1.54, 1.807) is 0 Å². The summed E-state index contributed by atoms with van der Waals surface area (Å²) in [6.45, 7) is 7.00. The Morgan fingerprint density at radius 3 is 1.58 bits per heavy atom. The molecule has 0 fully saturated rings. The van der Waals surface area contributed by atoms with Gasteiger partial charge in [-0.25, -0.2) is 4.79 Å². The van der Waals surface area contributed by atoms with Crippen molar-refractivity contribution in [1.29, 1.82) is 0 Å². The second kappa shape index (κ2) is 9.64. The smallest absolute Gasteiger partial charge is 0.460 e. The van der Waals surface area contributed by atoms with Gasteiger partial charge in [0.25, 0.3) is 0 Å². The third-order valence-corrected chi connectivity index (χ3v) is 8.00. The number of halogens is 13. The Morgan fingerprint density at radius 1 is 0.758 bits per heavy atom. The molecule has 0 aliphatic rings. The number of hydrogen-bond donors (Lipinski definition) is 0. The molecule has 0 aliphatic heterocycles. The molecule has 33 heavy (non-hydrogen) atoms. The SMILES string of the molecule is C=C(C)C(=O)OCCC[Si](C)(C)CCC(F)(F)C(F)(F)C(F)(F)C(F)(F)C(F)(F)C(F)(F)F. The van der Waals surface area contributed by atoms with Gasteiger partial charge in [-0.15, -0.1) is 0 Å². The van der Waals surface area contributed by atoms with E-state index in [-0.39, 0.29) is 24.6 Å².